The molecule has 1 heterocycles. The molecule has 0 aromatic heterocycles. The number of methoxy groups -OCH3 is 1. The Hall–Kier alpha value is -4.13. The smallest absolute Gasteiger partial charge is 0.328 e. The van der Waals surface area contributed by atoms with E-state index in [0.717, 1.165) is 35.3 Å². The summed E-state index contributed by atoms with van der Waals surface area (Å²) in [6.45, 7) is 7.31. The lowest BCUT2D eigenvalue weighted by atomic mass is 9.92. The van der Waals surface area contributed by atoms with E-state index in [1.54, 1.807) is 6.08 Å². The Kier molecular flexibility index (Phi) is 12.2. The van der Waals surface area contributed by atoms with E-state index in [0.29, 0.717) is 39.0 Å². The molecule has 40 heavy (non-hydrogen) atoms. The number of hydrogen-bond acceptors (Lipinski definition) is 5. The number of ether oxygens (including phenoxy) is 2. The molecule has 7 nitrogen and oxygen atoms in total. The number of carbonyl (C=O) groups is 3. The molecule has 3 rings (SSSR count). The van der Waals surface area contributed by atoms with Crippen molar-refractivity contribution >= 4 is 17.8 Å². The van der Waals surface area contributed by atoms with Crippen LogP contribution in [-0.4, -0.2) is 48.9 Å². The predicted molar refractivity (Wildman–Crippen MR) is 156 cm³/mol. The summed E-state index contributed by atoms with van der Waals surface area (Å²) in [5.74, 6) is 0.327. The van der Waals surface area contributed by atoms with E-state index >= 15 is 0 Å². The molecule has 0 spiro atoms. The van der Waals surface area contributed by atoms with Crippen LogP contribution in [0.4, 0.5) is 0 Å². The predicted octanol–water partition coefficient (Wildman–Crippen LogP) is 5.17. The van der Waals surface area contributed by atoms with Crippen LogP contribution in [0.25, 0.3) is 0 Å². The number of hydrogen-bond donors (Lipinski definition) is 1. The molecular formula is C33H40N2O5. The van der Waals surface area contributed by atoms with E-state index in [1.807, 2.05) is 84.6 Å². The van der Waals surface area contributed by atoms with Gasteiger partial charge in [0.15, 0.2) is 0 Å². The van der Waals surface area contributed by atoms with E-state index in [4.69, 9.17) is 9.47 Å². The summed E-state index contributed by atoms with van der Waals surface area (Å²) in [4.78, 5) is 39.8. The summed E-state index contributed by atoms with van der Waals surface area (Å²) >= 11 is 0. The fraction of sp³-hybridized carbons (Fsp3) is 0.364. The maximum Gasteiger partial charge on any atom is 0.328 e. The standard InChI is InChI=1S/C33H40N2O5/c1-4-5-7-10-25(2)21-32(37)35-19-17-27(18-20-35)23-31(36)34-30(33(38)39-3)22-26-13-15-29(16-14-26)40-24-28-11-8-6-9-12-28/h4-16,27,30H,1,17-24H2,2-3H3,(H,34,36)/b7-5-,25-10+/t30-/m0/s1. The molecule has 0 radical (unpaired) electrons. The number of nitrogens with one attached hydrogen (secondary N) is 1. The highest BCUT2D eigenvalue weighted by Crippen LogP contribution is 2.22. The third-order valence-electron chi connectivity index (χ3n) is 6.93. The second kappa shape index (κ2) is 16.1. The number of nitrogens with zero attached hydrogens (tertiary/aromatic N) is 1. The maximum atomic E-state index is 12.9. The van der Waals surface area contributed by atoms with Gasteiger partial charge >= 0.3 is 5.97 Å². The topological polar surface area (TPSA) is 84.9 Å². The fourth-order valence-electron chi connectivity index (χ4n) is 4.64. The van der Waals surface area contributed by atoms with Gasteiger partial charge in [-0.1, -0.05) is 78.9 Å². The Bertz CT molecular complexity index is 1180. The van der Waals surface area contributed by atoms with Crippen molar-refractivity contribution in [3.8, 4) is 5.75 Å². The Morgan fingerprint density at radius 3 is 2.38 bits per heavy atom. The van der Waals surface area contributed by atoms with Gasteiger partial charge in [0.25, 0.3) is 0 Å². The van der Waals surface area contributed by atoms with Gasteiger partial charge in [-0.3, -0.25) is 9.59 Å². The average Bonchev–Trinajstić information content (AvgIpc) is 2.97. The first kappa shape index (κ1) is 30.4. The van der Waals surface area contributed by atoms with Crippen molar-refractivity contribution in [1.82, 2.24) is 10.2 Å². The molecule has 1 saturated heterocycles. The van der Waals surface area contributed by atoms with Crippen molar-refractivity contribution in [2.24, 2.45) is 5.92 Å². The van der Waals surface area contributed by atoms with Crippen molar-refractivity contribution in [1.29, 1.82) is 0 Å². The zero-order valence-electron chi connectivity index (χ0n) is 23.5. The van der Waals surface area contributed by atoms with Gasteiger partial charge < -0.3 is 19.7 Å². The van der Waals surface area contributed by atoms with Crippen molar-refractivity contribution in [2.45, 2.75) is 51.7 Å². The number of piperidine rings is 1. The summed E-state index contributed by atoms with van der Waals surface area (Å²) in [6, 6.07) is 16.6. The van der Waals surface area contributed by atoms with Gasteiger partial charge in [0.1, 0.15) is 18.4 Å². The fourth-order valence-corrected chi connectivity index (χ4v) is 4.64. The number of benzene rings is 2. The highest BCUT2D eigenvalue weighted by Gasteiger charge is 2.27. The first-order chi connectivity index (χ1) is 19.4. The average molecular weight is 545 g/mol. The third kappa shape index (κ3) is 10.2. The molecule has 212 valence electrons. The van der Waals surface area contributed by atoms with Crippen molar-refractivity contribution in [2.75, 3.05) is 20.2 Å². The molecule has 0 bridgehead atoms. The summed E-state index contributed by atoms with van der Waals surface area (Å²) in [5, 5.41) is 2.86. The quantitative estimate of drug-likeness (QED) is 0.278. The SMILES string of the molecule is C=C/C=C\C=C(/C)CC(=O)N1CCC(CC(=O)N[C@@H](Cc2ccc(OCc3ccccc3)cc2)C(=O)OC)CC1. The van der Waals surface area contributed by atoms with Crippen molar-refractivity contribution < 1.29 is 23.9 Å². The first-order valence-electron chi connectivity index (χ1n) is 13.7. The van der Waals surface area contributed by atoms with E-state index in [9.17, 15) is 14.4 Å². The molecule has 0 unspecified atom stereocenters. The third-order valence-corrected chi connectivity index (χ3v) is 6.93. The van der Waals surface area contributed by atoms with Crippen LogP contribution in [0.5, 0.6) is 5.75 Å². The highest BCUT2D eigenvalue weighted by atomic mass is 16.5. The number of rotatable bonds is 13. The molecule has 1 N–H and O–H groups in total. The molecule has 1 fully saturated rings. The lowest BCUT2D eigenvalue weighted by Gasteiger charge is -2.32. The second-order valence-electron chi connectivity index (χ2n) is 10.1. The van der Waals surface area contributed by atoms with Gasteiger partial charge in [0.2, 0.25) is 11.8 Å². The molecule has 2 amide bonds. The van der Waals surface area contributed by atoms with Crippen LogP contribution in [0.15, 0.2) is 91.1 Å². The molecule has 2 aromatic carbocycles. The lowest BCUT2D eigenvalue weighted by Crippen LogP contribution is -2.44. The van der Waals surface area contributed by atoms with Crippen LogP contribution in [0.3, 0.4) is 0 Å². The lowest BCUT2D eigenvalue weighted by molar-refractivity contribution is -0.145. The minimum atomic E-state index is -0.778. The number of esters is 1. The number of likely N-dealkylation sites (tertiary alicyclic amines) is 1. The van der Waals surface area contributed by atoms with Crippen molar-refractivity contribution in [3.05, 3.63) is 102 Å². The van der Waals surface area contributed by atoms with Crippen LogP contribution in [0, 0.1) is 5.92 Å². The molecule has 2 aromatic rings. The molecule has 0 saturated carbocycles. The molecular weight excluding hydrogens is 504 g/mol. The summed E-state index contributed by atoms with van der Waals surface area (Å²) in [7, 11) is 1.32. The summed E-state index contributed by atoms with van der Waals surface area (Å²) in [6.07, 6.45) is 9.84. The monoisotopic (exact) mass is 544 g/mol. The van der Waals surface area contributed by atoms with Gasteiger partial charge in [-0.25, -0.2) is 4.79 Å². The van der Waals surface area contributed by atoms with Gasteiger partial charge in [-0.15, -0.1) is 0 Å². The normalized spacial score (nSPS) is 14.9. The Labute approximate surface area is 237 Å². The zero-order chi connectivity index (χ0) is 28.7. The minimum absolute atomic E-state index is 0.103. The zero-order valence-corrected chi connectivity index (χ0v) is 23.5. The maximum absolute atomic E-state index is 12.9. The Morgan fingerprint density at radius 1 is 1.02 bits per heavy atom. The minimum Gasteiger partial charge on any atom is -0.489 e. The van der Waals surface area contributed by atoms with Crippen molar-refractivity contribution in [3.63, 3.8) is 0 Å². The summed E-state index contributed by atoms with van der Waals surface area (Å²) < 4.78 is 10.8. The van der Waals surface area contributed by atoms with E-state index in [2.05, 4.69) is 11.9 Å². The van der Waals surface area contributed by atoms with Crippen LogP contribution >= 0.6 is 0 Å². The van der Waals surface area contributed by atoms with Crippen LogP contribution in [-0.2, 0) is 32.1 Å². The van der Waals surface area contributed by atoms with Crippen LogP contribution in [0.2, 0.25) is 0 Å². The van der Waals surface area contributed by atoms with E-state index < -0.39 is 12.0 Å². The van der Waals surface area contributed by atoms with Crippen LogP contribution in [0.1, 0.15) is 43.7 Å². The van der Waals surface area contributed by atoms with Gasteiger partial charge in [-0.2, -0.15) is 0 Å². The number of amides is 2. The number of allylic oxidation sites excluding steroid dienone is 4. The molecule has 0 aliphatic carbocycles. The summed E-state index contributed by atoms with van der Waals surface area (Å²) in [5.41, 5.74) is 2.96. The molecule has 1 atom stereocenters. The first-order valence-corrected chi connectivity index (χ1v) is 13.7. The highest BCUT2D eigenvalue weighted by molar-refractivity contribution is 5.85. The largest absolute Gasteiger partial charge is 0.489 e. The van der Waals surface area contributed by atoms with E-state index in [-0.39, 0.29) is 17.7 Å². The van der Waals surface area contributed by atoms with Gasteiger partial charge in [-0.05, 0) is 48.9 Å². The van der Waals surface area contributed by atoms with Crippen LogP contribution < -0.4 is 10.1 Å². The second-order valence-corrected chi connectivity index (χ2v) is 10.1. The Balaban J connectivity index is 1.45. The molecule has 1 aliphatic rings. The number of carbonyl (C=O) groups excluding carboxylic acids is 3. The van der Waals surface area contributed by atoms with Gasteiger partial charge in [0, 0.05) is 32.4 Å². The van der Waals surface area contributed by atoms with Gasteiger partial charge in [0.05, 0.1) is 7.11 Å². The van der Waals surface area contributed by atoms with E-state index in [1.165, 1.54) is 7.11 Å². The Morgan fingerprint density at radius 2 is 1.73 bits per heavy atom. The molecule has 7 heteroatoms. The molecule has 1 aliphatic heterocycles.